The Balaban J connectivity index is 1.77. The van der Waals surface area contributed by atoms with Crippen molar-refractivity contribution in [3.05, 3.63) is 45.8 Å². The molecule has 1 aliphatic heterocycles. The predicted molar refractivity (Wildman–Crippen MR) is 94.5 cm³/mol. The predicted octanol–water partition coefficient (Wildman–Crippen LogP) is 2.95. The first-order chi connectivity index (χ1) is 11.4. The maximum absolute atomic E-state index is 12.8. The second-order valence-electron chi connectivity index (χ2n) is 5.17. The smallest absolute Gasteiger partial charge is 0.244 e. The highest BCUT2D eigenvalue weighted by molar-refractivity contribution is 7.89. The third-order valence-electron chi connectivity index (χ3n) is 3.67. The van der Waals surface area contributed by atoms with Crippen LogP contribution in [0.4, 0.5) is 5.82 Å². The molecule has 0 atom stereocenters. The molecule has 0 amide bonds. The molecule has 1 aliphatic rings. The number of piperazine rings is 1. The average molecular weight is 408 g/mol. The molecule has 0 saturated carbocycles. The summed E-state index contributed by atoms with van der Waals surface area (Å²) in [6.07, 6.45) is 3.05. The minimum atomic E-state index is -3.70. The minimum absolute atomic E-state index is 0.0210. The fourth-order valence-corrected chi connectivity index (χ4v) is 4.76. The molecule has 1 aromatic carbocycles. The number of halogens is 3. The Morgan fingerprint density at radius 3 is 2.38 bits per heavy atom. The topological polar surface area (TPSA) is 66.4 Å². The van der Waals surface area contributed by atoms with Crippen molar-refractivity contribution in [1.29, 1.82) is 0 Å². The molecule has 1 aromatic heterocycles. The van der Waals surface area contributed by atoms with E-state index < -0.39 is 10.0 Å². The zero-order valence-electron chi connectivity index (χ0n) is 12.4. The van der Waals surface area contributed by atoms with Crippen LogP contribution in [0.1, 0.15) is 0 Å². The van der Waals surface area contributed by atoms with Crippen LogP contribution < -0.4 is 4.90 Å². The summed E-state index contributed by atoms with van der Waals surface area (Å²) in [5.74, 6) is 0.625. The number of hydrogen-bond donors (Lipinski definition) is 0. The summed E-state index contributed by atoms with van der Waals surface area (Å²) >= 11 is 17.8. The van der Waals surface area contributed by atoms with Gasteiger partial charge in [-0.05, 0) is 18.2 Å². The van der Waals surface area contributed by atoms with Gasteiger partial charge in [0.25, 0.3) is 0 Å². The van der Waals surface area contributed by atoms with Crippen LogP contribution in [0.2, 0.25) is 15.2 Å². The molecule has 0 aliphatic carbocycles. The average Bonchev–Trinajstić information content (AvgIpc) is 2.57. The van der Waals surface area contributed by atoms with Gasteiger partial charge >= 0.3 is 0 Å². The number of nitrogens with zero attached hydrogens (tertiary/aromatic N) is 4. The van der Waals surface area contributed by atoms with Crippen molar-refractivity contribution >= 4 is 50.6 Å². The lowest BCUT2D eigenvalue weighted by Gasteiger charge is -2.34. The van der Waals surface area contributed by atoms with Gasteiger partial charge in [0, 0.05) is 31.2 Å². The van der Waals surface area contributed by atoms with Crippen LogP contribution in [0.5, 0.6) is 0 Å². The number of hydrogen-bond acceptors (Lipinski definition) is 5. The van der Waals surface area contributed by atoms with Gasteiger partial charge in [-0.1, -0.05) is 34.8 Å². The van der Waals surface area contributed by atoms with Crippen LogP contribution in [0.25, 0.3) is 0 Å². The van der Waals surface area contributed by atoms with Gasteiger partial charge in [0.2, 0.25) is 10.0 Å². The Bertz CT molecular complexity index is 855. The highest BCUT2D eigenvalue weighted by atomic mass is 35.5. The van der Waals surface area contributed by atoms with Crippen LogP contribution in [0.15, 0.2) is 35.5 Å². The number of sulfonamides is 1. The number of benzene rings is 1. The molecular weight excluding hydrogens is 395 g/mol. The molecule has 0 N–H and O–H groups in total. The SMILES string of the molecule is O=S(=O)(c1cc(Cl)ccc1Cl)N1CCN(c2cncc(Cl)n2)CC1. The van der Waals surface area contributed by atoms with Crippen molar-refractivity contribution in [3.8, 4) is 0 Å². The van der Waals surface area contributed by atoms with E-state index in [4.69, 9.17) is 34.8 Å². The van der Waals surface area contributed by atoms with Gasteiger partial charge in [-0.2, -0.15) is 4.31 Å². The zero-order valence-corrected chi connectivity index (χ0v) is 15.4. The highest BCUT2D eigenvalue weighted by Crippen LogP contribution is 2.28. The summed E-state index contributed by atoms with van der Waals surface area (Å²) in [5.41, 5.74) is 0. The number of aromatic nitrogens is 2. The lowest BCUT2D eigenvalue weighted by atomic mass is 10.3. The standard InChI is InChI=1S/C14H13Cl3N4O2S/c15-10-1-2-11(16)12(7-10)24(22,23)21-5-3-20(4-6-21)14-9-18-8-13(17)19-14/h1-2,7-9H,3-6H2. The van der Waals surface area contributed by atoms with E-state index in [1.807, 2.05) is 4.90 Å². The summed E-state index contributed by atoms with van der Waals surface area (Å²) in [4.78, 5) is 10.1. The lowest BCUT2D eigenvalue weighted by Crippen LogP contribution is -2.49. The van der Waals surface area contributed by atoms with Gasteiger partial charge in [0.05, 0.1) is 17.4 Å². The van der Waals surface area contributed by atoms with Crippen molar-refractivity contribution in [2.24, 2.45) is 0 Å². The molecule has 0 unspecified atom stereocenters. The lowest BCUT2D eigenvalue weighted by molar-refractivity contribution is 0.383. The molecular formula is C14H13Cl3N4O2S. The van der Waals surface area contributed by atoms with E-state index in [0.717, 1.165) is 0 Å². The summed E-state index contributed by atoms with van der Waals surface area (Å²) in [7, 11) is -3.70. The molecule has 2 aromatic rings. The molecule has 3 rings (SSSR count). The highest BCUT2D eigenvalue weighted by Gasteiger charge is 2.30. The van der Waals surface area contributed by atoms with Gasteiger partial charge < -0.3 is 4.90 Å². The zero-order chi connectivity index (χ0) is 17.3. The quantitative estimate of drug-likeness (QED) is 0.782. The molecule has 0 radical (unpaired) electrons. The van der Waals surface area contributed by atoms with Crippen LogP contribution in [-0.4, -0.2) is 48.9 Å². The molecule has 1 saturated heterocycles. The molecule has 0 spiro atoms. The largest absolute Gasteiger partial charge is 0.353 e. The van der Waals surface area contributed by atoms with Crippen LogP contribution >= 0.6 is 34.8 Å². The number of anilines is 1. The van der Waals surface area contributed by atoms with E-state index in [0.29, 0.717) is 42.2 Å². The Morgan fingerprint density at radius 2 is 1.71 bits per heavy atom. The Hall–Kier alpha value is -1.12. The molecule has 0 bridgehead atoms. The third kappa shape index (κ3) is 3.60. The maximum Gasteiger partial charge on any atom is 0.244 e. The first kappa shape index (κ1) is 17.7. The van der Waals surface area contributed by atoms with E-state index in [9.17, 15) is 8.42 Å². The van der Waals surface area contributed by atoms with Gasteiger partial charge in [-0.3, -0.25) is 4.98 Å². The summed E-state index contributed by atoms with van der Waals surface area (Å²) < 4.78 is 26.9. The molecule has 2 heterocycles. The van der Waals surface area contributed by atoms with Crippen molar-refractivity contribution in [1.82, 2.24) is 14.3 Å². The third-order valence-corrected chi connectivity index (χ3v) is 6.46. The monoisotopic (exact) mass is 406 g/mol. The van der Waals surface area contributed by atoms with Crippen LogP contribution in [0, 0.1) is 0 Å². The Labute approximate surface area is 155 Å². The van der Waals surface area contributed by atoms with E-state index in [-0.39, 0.29) is 9.92 Å². The molecule has 10 heteroatoms. The minimum Gasteiger partial charge on any atom is -0.353 e. The van der Waals surface area contributed by atoms with E-state index in [1.54, 1.807) is 12.3 Å². The second-order valence-corrected chi connectivity index (χ2v) is 8.30. The maximum atomic E-state index is 12.8. The Morgan fingerprint density at radius 1 is 1.00 bits per heavy atom. The van der Waals surface area contributed by atoms with Crippen molar-refractivity contribution < 1.29 is 8.42 Å². The van der Waals surface area contributed by atoms with Crippen molar-refractivity contribution in [3.63, 3.8) is 0 Å². The fraction of sp³-hybridized carbons (Fsp3) is 0.286. The molecule has 1 fully saturated rings. The molecule has 128 valence electrons. The van der Waals surface area contributed by atoms with E-state index in [1.165, 1.54) is 22.6 Å². The fourth-order valence-electron chi connectivity index (χ4n) is 2.46. The molecule has 24 heavy (non-hydrogen) atoms. The van der Waals surface area contributed by atoms with Crippen LogP contribution in [-0.2, 0) is 10.0 Å². The summed E-state index contributed by atoms with van der Waals surface area (Å²) in [6.45, 7) is 1.57. The van der Waals surface area contributed by atoms with Gasteiger partial charge in [0.1, 0.15) is 15.9 Å². The molecule has 6 nitrogen and oxygen atoms in total. The van der Waals surface area contributed by atoms with E-state index >= 15 is 0 Å². The summed E-state index contributed by atoms with van der Waals surface area (Å²) in [6, 6.07) is 4.40. The van der Waals surface area contributed by atoms with Gasteiger partial charge in [-0.15, -0.1) is 0 Å². The first-order valence-electron chi connectivity index (χ1n) is 7.05. The second kappa shape index (κ2) is 7.01. The van der Waals surface area contributed by atoms with Gasteiger partial charge in [0.15, 0.2) is 0 Å². The van der Waals surface area contributed by atoms with E-state index in [2.05, 4.69) is 9.97 Å². The van der Waals surface area contributed by atoms with Crippen LogP contribution in [0.3, 0.4) is 0 Å². The van der Waals surface area contributed by atoms with Crippen molar-refractivity contribution in [2.45, 2.75) is 4.90 Å². The number of rotatable bonds is 3. The Kier molecular flexibility index (Phi) is 5.17. The van der Waals surface area contributed by atoms with Gasteiger partial charge in [-0.25, -0.2) is 13.4 Å². The van der Waals surface area contributed by atoms with Crippen molar-refractivity contribution in [2.75, 3.05) is 31.1 Å². The normalized spacial score (nSPS) is 16.4. The summed E-state index contributed by atoms with van der Waals surface area (Å²) in [5, 5.41) is 0.779. The first-order valence-corrected chi connectivity index (χ1v) is 9.63.